The van der Waals surface area contributed by atoms with Crippen LogP contribution in [0.2, 0.25) is 0 Å². The molecule has 3 saturated heterocycles. The number of primary amides is 1. The van der Waals surface area contributed by atoms with Crippen LogP contribution >= 0.6 is 0 Å². The second-order valence-electron chi connectivity index (χ2n) is 10.8. The number of carbonyl (C=O) groups excluding carboxylic acids is 2. The van der Waals surface area contributed by atoms with Gasteiger partial charge in [0.05, 0.1) is 12.2 Å². The quantitative estimate of drug-likeness (QED) is 0.489. The highest BCUT2D eigenvalue weighted by Crippen LogP contribution is 2.31. The number of rotatable bonds is 8. The maximum atomic E-state index is 12.5. The first-order valence-electron chi connectivity index (χ1n) is 14.0. The summed E-state index contributed by atoms with van der Waals surface area (Å²) in [5, 5.41) is 6.93. The van der Waals surface area contributed by atoms with E-state index in [0.717, 1.165) is 57.5 Å². The Morgan fingerprint density at radius 2 is 2.00 bits per heavy atom. The second kappa shape index (κ2) is 11.6. The Hall–Kier alpha value is -3.40. The van der Waals surface area contributed by atoms with Gasteiger partial charge in [0.2, 0.25) is 0 Å². The van der Waals surface area contributed by atoms with Crippen LogP contribution in [0.3, 0.4) is 0 Å². The molecule has 1 aromatic heterocycles. The molecule has 3 atom stereocenters. The summed E-state index contributed by atoms with van der Waals surface area (Å²) in [4.78, 5) is 39.7. The van der Waals surface area contributed by atoms with Crippen LogP contribution in [-0.2, 0) is 0 Å². The molecule has 38 heavy (non-hydrogen) atoms. The molecule has 4 N–H and O–H groups in total. The van der Waals surface area contributed by atoms with Crippen molar-refractivity contribution in [2.75, 3.05) is 50.0 Å². The summed E-state index contributed by atoms with van der Waals surface area (Å²) in [6.45, 7) is 6.31. The number of nitrogens with one attached hydrogen (secondary N) is 2. The Balaban J connectivity index is 1.30. The summed E-state index contributed by atoms with van der Waals surface area (Å²) in [6, 6.07) is 9.23. The monoisotopic (exact) mass is 520 g/mol. The van der Waals surface area contributed by atoms with Crippen molar-refractivity contribution in [3.63, 3.8) is 0 Å². The number of hydrogen-bond acceptors (Lipinski definition) is 7. The van der Waals surface area contributed by atoms with Gasteiger partial charge in [0.15, 0.2) is 11.5 Å². The number of anilines is 3. The lowest BCUT2D eigenvalue weighted by Crippen LogP contribution is -2.49. The van der Waals surface area contributed by atoms with Gasteiger partial charge in [0.25, 0.3) is 5.91 Å². The van der Waals surface area contributed by atoms with Gasteiger partial charge in [-0.1, -0.05) is 25.5 Å². The topological polar surface area (TPSA) is 120 Å². The average molecular weight is 521 g/mol. The predicted octanol–water partition coefficient (Wildman–Crippen LogP) is 3.29. The van der Waals surface area contributed by atoms with Gasteiger partial charge in [-0.05, 0) is 62.3 Å². The zero-order chi connectivity index (χ0) is 26.6. The van der Waals surface area contributed by atoms with E-state index in [4.69, 9.17) is 10.7 Å². The third-order valence-corrected chi connectivity index (χ3v) is 8.18. The molecule has 204 valence electrons. The van der Waals surface area contributed by atoms with Crippen LogP contribution < -0.4 is 21.3 Å². The number of hydrogen-bond donors (Lipinski definition) is 3. The summed E-state index contributed by atoms with van der Waals surface area (Å²) in [6.07, 6.45) is 8.25. The molecule has 3 fully saturated rings. The molecular formula is C28H40N8O2. The molecule has 10 heteroatoms. The van der Waals surface area contributed by atoms with Gasteiger partial charge in [-0.25, -0.2) is 14.8 Å². The Labute approximate surface area is 225 Å². The summed E-state index contributed by atoms with van der Waals surface area (Å²) in [5.41, 5.74) is 7.93. The minimum Gasteiger partial charge on any atom is -0.364 e. The van der Waals surface area contributed by atoms with E-state index in [-0.39, 0.29) is 17.8 Å². The molecule has 5 rings (SSSR count). The zero-order valence-electron chi connectivity index (χ0n) is 22.5. The van der Waals surface area contributed by atoms with Gasteiger partial charge in [-0.3, -0.25) is 4.79 Å². The minimum atomic E-state index is -0.623. The number of benzene rings is 1. The largest absolute Gasteiger partial charge is 0.364 e. The first-order valence-corrected chi connectivity index (χ1v) is 14.0. The Morgan fingerprint density at radius 3 is 2.71 bits per heavy atom. The number of likely N-dealkylation sites (N-methyl/N-ethyl adjacent to an activating group) is 1. The van der Waals surface area contributed by atoms with E-state index in [1.165, 1.54) is 18.4 Å². The number of amides is 3. The Morgan fingerprint density at radius 1 is 1.18 bits per heavy atom. The molecule has 3 amide bonds. The number of carbonyl (C=O) groups is 2. The fourth-order valence-electron chi connectivity index (χ4n) is 6.08. The fraction of sp³-hybridized carbons (Fsp3) is 0.571. The van der Waals surface area contributed by atoms with Crippen LogP contribution in [0.15, 0.2) is 30.5 Å². The van der Waals surface area contributed by atoms with Gasteiger partial charge < -0.3 is 31.1 Å². The van der Waals surface area contributed by atoms with Crippen LogP contribution in [0, 0.1) is 0 Å². The Bertz CT molecular complexity index is 1140. The summed E-state index contributed by atoms with van der Waals surface area (Å²) in [5.74, 6) is 0.963. The molecule has 10 nitrogen and oxygen atoms in total. The summed E-state index contributed by atoms with van der Waals surface area (Å²) >= 11 is 0. The highest BCUT2D eigenvalue weighted by Gasteiger charge is 2.34. The third kappa shape index (κ3) is 5.70. The van der Waals surface area contributed by atoms with Crippen LogP contribution in [0.1, 0.15) is 67.4 Å². The first-order chi connectivity index (χ1) is 18.4. The number of piperidine rings is 2. The van der Waals surface area contributed by atoms with Gasteiger partial charge >= 0.3 is 6.03 Å². The van der Waals surface area contributed by atoms with E-state index in [0.29, 0.717) is 30.1 Å². The lowest BCUT2D eigenvalue weighted by molar-refractivity contribution is 0.0996. The maximum Gasteiger partial charge on any atom is 0.320 e. The molecular weight excluding hydrogens is 480 g/mol. The number of nitrogens with two attached hydrogens (primary N) is 1. The van der Waals surface area contributed by atoms with Gasteiger partial charge in [-0.2, -0.15) is 0 Å². The SMILES string of the molecule is CCCC1CC(c2ccc(Nc3nc(N4CCCC(N5CCN(C)C5=O)C4)cnc3C(N)=O)cc2)CCN1. The van der Waals surface area contributed by atoms with Gasteiger partial charge in [0.1, 0.15) is 5.82 Å². The molecule has 0 aliphatic carbocycles. The third-order valence-electron chi connectivity index (χ3n) is 8.18. The predicted molar refractivity (Wildman–Crippen MR) is 149 cm³/mol. The fourth-order valence-corrected chi connectivity index (χ4v) is 6.08. The summed E-state index contributed by atoms with van der Waals surface area (Å²) in [7, 11) is 1.84. The molecule has 2 aromatic rings. The molecule has 0 bridgehead atoms. The number of nitrogens with zero attached hydrogens (tertiary/aromatic N) is 5. The van der Waals surface area contributed by atoms with E-state index in [1.54, 1.807) is 11.1 Å². The highest BCUT2D eigenvalue weighted by molar-refractivity contribution is 5.96. The smallest absolute Gasteiger partial charge is 0.320 e. The van der Waals surface area contributed by atoms with Crippen LogP contribution in [-0.4, -0.2) is 83.6 Å². The van der Waals surface area contributed by atoms with Crippen molar-refractivity contribution in [2.24, 2.45) is 5.73 Å². The zero-order valence-corrected chi connectivity index (χ0v) is 22.5. The maximum absolute atomic E-state index is 12.5. The lowest BCUT2D eigenvalue weighted by atomic mass is 9.85. The van der Waals surface area contributed by atoms with Crippen molar-refractivity contribution in [1.29, 1.82) is 0 Å². The number of aromatic nitrogens is 2. The van der Waals surface area contributed by atoms with Crippen LogP contribution in [0.25, 0.3) is 0 Å². The van der Waals surface area contributed by atoms with Gasteiger partial charge in [-0.15, -0.1) is 0 Å². The molecule has 3 unspecified atom stereocenters. The van der Waals surface area contributed by atoms with Crippen molar-refractivity contribution in [3.05, 3.63) is 41.7 Å². The van der Waals surface area contributed by atoms with Crippen molar-refractivity contribution >= 4 is 29.3 Å². The van der Waals surface area contributed by atoms with Crippen molar-refractivity contribution in [2.45, 2.75) is 63.5 Å². The van der Waals surface area contributed by atoms with Crippen LogP contribution in [0.5, 0.6) is 0 Å². The summed E-state index contributed by atoms with van der Waals surface area (Å²) < 4.78 is 0. The molecule has 0 spiro atoms. The normalized spacial score (nSPS) is 24.1. The van der Waals surface area contributed by atoms with E-state index in [2.05, 4.69) is 39.6 Å². The average Bonchev–Trinajstić information content (AvgIpc) is 3.27. The van der Waals surface area contributed by atoms with Crippen molar-refractivity contribution in [3.8, 4) is 0 Å². The van der Waals surface area contributed by atoms with Crippen molar-refractivity contribution in [1.82, 2.24) is 25.1 Å². The highest BCUT2D eigenvalue weighted by atomic mass is 16.2. The minimum absolute atomic E-state index is 0.0863. The van der Waals surface area contributed by atoms with E-state index < -0.39 is 5.91 Å². The molecule has 1 aromatic carbocycles. The second-order valence-corrected chi connectivity index (χ2v) is 10.8. The molecule has 0 saturated carbocycles. The van der Waals surface area contributed by atoms with E-state index in [9.17, 15) is 9.59 Å². The number of urea groups is 1. The van der Waals surface area contributed by atoms with E-state index >= 15 is 0 Å². The Kier molecular flexibility index (Phi) is 7.97. The first kappa shape index (κ1) is 26.2. The van der Waals surface area contributed by atoms with Crippen molar-refractivity contribution < 1.29 is 9.59 Å². The standard InChI is InChI=1S/C28H40N8O2/c1-3-5-22-16-20(11-12-30-22)19-7-9-21(10-8-19)32-27-25(26(29)37)31-17-24(33-27)35-13-4-6-23(18-35)36-15-14-34(2)28(36)38/h7-10,17,20,22-23,30H,3-6,11-16,18H2,1-2H3,(H2,29,37)(H,32,33). The van der Waals surface area contributed by atoms with Crippen LogP contribution in [0.4, 0.5) is 22.1 Å². The lowest BCUT2D eigenvalue weighted by Gasteiger charge is -2.37. The molecule has 0 radical (unpaired) electrons. The molecule has 4 heterocycles. The molecule has 3 aliphatic heterocycles. The molecule has 3 aliphatic rings. The van der Waals surface area contributed by atoms with E-state index in [1.807, 2.05) is 24.1 Å². The van der Waals surface area contributed by atoms with Gasteiger partial charge in [0, 0.05) is 45.0 Å².